The van der Waals surface area contributed by atoms with Crippen molar-refractivity contribution in [3.05, 3.63) is 110 Å². The van der Waals surface area contributed by atoms with Crippen LogP contribution in [0.1, 0.15) is 21.5 Å². The number of nitrogens with one attached hydrogen (secondary N) is 1. The second kappa shape index (κ2) is 10.8. The van der Waals surface area contributed by atoms with Gasteiger partial charge in [-0.25, -0.2) is 4.99 Å². The van der Waals surface area contributed by atoms with Gasteiger partial charge in [0, 0.05) is 10.6 Å². The lowest BCUT2D eigenvalue weighted by Crippen LogP contribution is -2.22. The molecular weight excluding hydrogens is 576 g/mol. The van der Waals surface area contributed by atoms with Crippen LogP contribution in [0.4, 0.5) is 5.69 Å². The highest BCUT2D eigenvalue weighted by molar-refractivity contribution is 9.10. The molecule has 0 aromatic heterocycles. The monoisotopic (exact) mass is 591 g/mol. The minimum absolute atomic E-state index is 0.0581. The summed E-state index contributed by atoms with van der Waals surface area (Å²) in [7, 11) is 0. The third-order valence-electron chi connectivity index (χ3n) is 5.57. The first-order valence-electron chi connectivity index (χ1n) is 11.1. The predicted octanol–water partition coefficient (Wildman–Crippen LogP) is 6.09. The van der Waals surface area contributed by atoms with Gasteiger partial charge in [0.1, 0.15) is 12.4 Å². The molecule has 184 valence electrons. The van der Waals surface area contributed by atoms with Gasteiger partial charge in [-0.1, -0.05) is 60.1 Å². The number of carbonyl (C=O) groups is 2. The van der Waals surface area contributed by atoms with Crippen molar-refractivity contribution in [2.24, 2.45) is 4.99 Å². The van der Waals surface area contributed by atoms with E-state index in [1.807, 2.05) is 42.5 Å². The van der Waals surface area contributed by atoms with Crippen LogP contribution in [0.15, 0.2) is 93.2 Å². The van der Waals surface area contributed by atoms with Gasteiger partial charge < -0.3 is 20.0 Å². The highest BCUT2D eigenvalue weighted by atomic mass is 79.9. The Labute approximate surface area is 230 Å². The van der Waals surface area contributed by atoms with Gasteiger partial charge in [-0.2, -0.15) is 0 Å². The molecule has 0 aliphatic carbocycles. The molecular formula is C28H17BrClN2O4S-. The zero-order valence-corrected chi connectivity index (χ0v) is 22.2. The summed E-state index contributed by atoms with van der Waals surface area (Å²) in [6.07, 6.45) is 1.75. The van der Waals surface area contributed by atoms with E-state index in [0.29, 0.717) is 28.1 Å². The second-order valence-electron chi connectivity index (χ2n) is 8.05. The standard InChI is InChI=1S/C28H18BrClN2O4S/c29-22-12-16(8-11-24(22)36-15-18-6-3-5-17-4-1-2-7-20(17)18)13-25-26(33)32-28(37-25)31-19-9-10-23(30)21(14-19)27(34)35/h1-14H,15H2,(H,34,35)(H,31,32,33)/p-1. The minimum Gasteiger partial charge on any atom is -0.545 e. The molecule has 1 saturated heterocycles. The normalized spacial score (nSPS) is 15.4. The number of thioether (sulfide) groups is 1. The van der Waals surface area contributed by atoms with E-state index in [1.165, 1.54) is 12.1 Å². The molecule has 1 aliphatic rings. The third kappa shape index (κ3) is 5.72. The predicted molar refractivity (Wildman–Crippen MR) is 149 cm³/mol. The fourth-order valence-corrected chi connectivity index (χ4v) is 5.33. The number of aromatic carboxylic acids is 1. The number of halogens is 2. The molecule has 5 rings (SSSR count). The molecule has 0 saturated carbocycles. The Morgan fingerprint density at radius 3 is 2.70 bits per heavy atom. The van der Waals surface area contributed by atoms with E-state index in [-0.39, 0.29) is 16.5 Å². The minimum atomic E-state index is -1.40. The number of benzene rings is 4. The summed E-state index contributed by atoms with van der Waals surface area (Å²) in [6, 6.07) is 24.2. The number of amides is 1. The number of ether oxygens (including phenoxy) is 1. The summed E-state index contributed by atoms with van der Waals surface area (Å²) >= 11 is 10.6. The summed E-state index contributed by atoms with van der Waals surface area (Å²) < 4.78 is 6.83. The van der Waals surface area contributed by atoms with E-state index in [4.69, 9.17) is 16.3 Å². The molecule has 4 aromatic carbocycles. The molecule has 4 aromatic rings. The van der Waals surface area contributed by atoms with Crippen molar-refractivity contribution in [1.82, 2.24) is 5.32 Å². The maximum atomic E-state index is 12.5. The molecule has 1 fully saturated rings. The molecule has 1 aliphatic heterocycles. The Kier molecular flexibility index (Phi) is 7.32. The van der Waals surface area contributed by atoms with Crippen molar-refractivity contribution in [3.63, 3.8) is 0 Å². The van der Waals surface area contributed by atoms with Crippen LogP contribution >= 0.6 is 39.3 Å². The van der Waals surface area contributed by atoms with Crippen LogP contribution in [0.3, 0.4) is 0 Å². The first-order chi connectivity index (χ1) is 17.9. The first kappa shape index (κ1) is 25.1. The lowest BCUT2D eigenvalue weighted by atomic mass is 10.1. The van der Waals surface area contributed by atoms with Crippen LogP contribution in [-0.4, -0.2) is 17.0 Å². The lowest BCUT2D eigenvalue weighted by Gasteiger charge is -2.11. The zero-order chi connectivity index (χ0) is 25.9. The number of nitrogens with zero attached hydrogens (tertiary/aromatic N) is 1. The highest BCUT2D eigenvalue weighted by Gasteiger charge is 2.24. The summed E-state index contributed by atoms with van der Waals surface area (Å²) in [5.41, 5.74) is 2.06. The number of fused-ring (bicyclic) bond motifs is 1. The maximum absolute atomic E-state index is 12.5. The topological polar surface area (TPSA) is 90.8 Å². The SMILES string of the molecule is O=C1NC(=Nc2ccc(Cl)c(C(=O)[O-])c2)SC1=Cc1ccc(OCc2cccc3ccccc23)c(Br)c1. The van der Waals surface area contributed by atoms with Crippen molar-refractivity contribution < 1.29 is 19.4 Å². The van der Waals surface area contributed by atoms with Crippen LogP contribution in [0, 0.1) is 0 Å². The van der Waals surface area contributed by atoms with Gasteiger partial charge >= 0.3 is 0 Å². The number of carboxylic acid groups (broad SMARTS) is 1. The Balaban J connectivity index is 1.30. The fraction of sp³-hybridized carbons (Fsp3) is 0.0357. The Morgan fingerprint density at radius 1 is 1.08 bits per heavy atom. The third-order valence-corrected chi connectivity index (χ3v) is 7.43. The van der Waals surface area contributed by atoms with Crippen LogP contribution in [-0.2, 0) is 11.4 Å². The van der Waals surface area contributed by atoms with Crippen molar-refractivity contribution in [2.45, 2.75) is 6.61 Å². The molecule has 37 heavy (non-hydrogen) atoms. The van der Waals surface area contributed by atoms with Gasteiger partial charge in [-0.05, 0) is 86.0 Å². The van der Waals surface area contributed by atoms with Crippen LogP contribution in [0.25, 0.3) is 16.8 Å². The van der Waals surface area contributed by atoms with Gasteiger partial charge in [0.2, 0.25) is 0 Å². The number of aliphatic imine (C=N–C) groups is 1. The van der Waals surface area contributed by atoms with E-state index >= 15 is 0 Å². The van der Waals surface area contributed by atoms with Gasteiger partial charge in [-0.15, -0.1) is 0 Å². The molecule has 6 nitrogen and oxygen atoms in total. The Bertz CT molecular complexity index is 1610. The second-order valence-corrected chi connectivity index (χ2v) is 10.3. The average molecular weight is 593 g/mol. The smallest absolute Gasteiger partial charge is 0.264 e. The molecule has 0 spiro atoms. The largest absolute Gasteiger partial charge is 0.545 e. The van der Waals surface area contributed by atoms with E-state index in [2.05, 4.69) is 44.4 Å². The molecule has 0 unspecified atom stereocenters. The number of hydrogen-bond acceptors (Lipinski definition) is 6. The maximum Gasteiger partial charge on any atom is 0.264 e. The molecule has 0 radical (unpaired) electrons. The van der Waals surface area contributed by atoms with E-state index < -0.39 is 5.97 Å². The molecule has 1 amide bonds. The van der Waals surface area contributed by atoms with E-state index in [1.54, 1.807) is 12.1 Å². The first-order valence-corrected chi connectivity index (χ1v) is 13.1. The number of rotatable bonds is 6. The van der Waals surface area contributed by atoms with Crippen molar-refractivity contribution in [2.75, 3.05) is 0 Å². The highest BCUT2D eigenvalue weighted by Crippen LogP contribution is 2.32. The number of amidine groups is 1. The lowest BCUT2D eigenvalue weighted by molar-refractivity contribution is -0.255. The fourth-order valence-electron chi connectivity index (χ4n) is 3.79. The quantitative estimate of drug-likeness (QED) is 0.274. The van der Waals surface area contributed by atoms with E-state index in [0.717, 1.165) is 38.1 Å². The van der Waals surface area contributed by atoms with Crippen molar-refractivity contribution in [1.29, 1.82) is 0 Å². The molecule has 1 N–H and O–H groups in total. The summed E-state index contributed by atoms with van der Waals surface area (Å²) in [5.74, 6) is -1.01. The molecule has 0 atom stereocenters. The van der Waals surface area contributed by atoms with Crippen molar-refractivity contribution >= 4 is 78.9 Å². The zero-order valence-electron chi connectivity index (χ0n) is 19.0. The summed E-state index contributed by atoms with van der Waals surface area (Å²) in [4.78, 5) is 28.4. The van der Waals surface area contributed by atoms with Crippen LogP contribution < -0.4 is 15.2 Å². The Morgan fingerprint density at radius 2 is 1.89 bits per heavy atom. The average Bonchev–Trinajstić information content (AvgIpc) is 3.22. The number of carbonyl (C=O) groups excluding carboxylic acids is 2. The van der Waals surface area contributed by atoms with Crippen LogP contribution in [0.2, 0.25) is 5.02 Å². The van der Waals surface area contributed by atoms with Gasteiger partial charge in [0.05, 0.1) is 21.0 Å². The van der Waals surface area contributed by atoms with Crippen molar-refractivity contribution in [3.8, 4) is 5.75 Å². The summed E-state index contributed by atoms with van der Waals surface area (Å²) in [6.45, 7) is 0.419. The number of carboxylic acids is 1. The number of hydrogen-bond donors (Lipinski definition) is 1. The van der Waals surface area contributed by atoms with Crippen LogP contribution in [0.5, 0.6) is 5.75 Å². The molecule has 1 heterocycles. The van der Waals surface area contributed by atoms with Gasteiger partial charge in [0.15, 0.2) is 5.17 Å². The molecule has 0 bridgehead atoms. The summed E-state index contributed by atoms with van der Waals surface area (Å²) in [5, 5.41) is 16.6. The van der Waals surface area contributed by atoms with Gasteiger partial charge in [0.25, 0.3) is 5.91 Å². The van der Waals surface area contributed by atoms with E-state index in [9.17, 15) is 14.7 Å². The van der Waals surface area contributed by atoms with Gasteiger partial charge in [-0.3, -0.25) is 4.79 Å². The Hall–Kier alpha value is -3.59. The molecule has 9 heteroatoms.